The van der Waals surface area contributed by atoms with Crippen LogP contribution in [0.25, 0.3) is 6.08 Å². The van der Waals surface area contributed by atoms with Gasteiger partial charge in [0.05, 0.1) is 17.9 Å². The lowest BCUT2D eigenvalue weighted by molar-refractivity contribution is -0.117. The molecule has 1 amide bonds. The van der Waals surface area contributed by atoms with E-state index in [9.17, 15) is 4.79 Å². The molecule has 0 aromatic carbocycles. The standard InChI is InChI=1S/C14H16N4O/c1-11(13-5-3-4-8-15-13)17-14(19)7-6-12-9-16-18(2)10-12/h3-11H,1-2H3,(H,17,19)/b7-6+. The summed E-state index contributed by atoms with van der Waals surface area (Å²) in [6.07, 6.45) is 8.48. The molecule has 0 spiro atoms. The first-order valence-corrected chi connectivity index (χ1v) is 6.03. The molecule has 1 N–H and O–H groups in total. The van der Waals surface area contributed by atoms with Crippen molar-refractivity contribution in [2.75, 3.05) is 0 Å². The summed E-state index contributed by atoms with van der Waals surface area (Å²) in [4.78, 5) is 16.0. The molecule has 1 atom stereocenters. The number of nitrogens with one attached hydrogen (secondary N) is 1. The van der Waals surface area contributed by atoms with Crippen LogP contribution in [0, 0.1) is 0 Å². The summed E-state index contributed by atoms with van der Waals surface area (Å²) in [6, 6.07) is 5.51. The van der Waals surface area contributed by atoms with Crippen LogP contribution in [-0.4, -0.2) is 20.7 Å². The third-order valence-electron chi connectivity index (χ3n) is 2.64. The number of nitrogens with zero attached hydrogens (tertiary/aromatic N) is 3. The first kappa shape index (κ1) is 13.0. The Morgan fingerprint density at radius 3 is 2.95 bits per heavy atom. The number of rotatable bonds is 4. The highest BCUT2D eigenvalue weighted by Crippen LogP contribution is 2.07. The maximum absolute atomic E-state index is 11.8. The SMILES string of the molecule is CC(NC(=O)/C=C/c1cnn(C)c1)c1ccccn1. The number of aryl methyl sites for hydroxylation is 1. The summed E-state index contributed by atoms with van der Waals surface area (Å²) < 4.78 is 1.69. The monoisotopic (exact) mass is 256 g/mol. The van der Waals surface area contributed by atoms with Gasteiger partial charge in [-0.25, -0.2) is 0 Å². The number of hydrogen-bond donors (Lipinski definition) is 1. The molecular weight excluding hydrogens is 240 g/mol. The summed E-state index contributed by atoms with van der Waals surface area (Å²) in [7, 11) is 1.83. The van der Waals surface area contributed by atoms with Gasteiger partial charge in [0.2, 0.25) is 5.91 Å². The summed E-state index contributed by atoms with van der Waals surface area (Å²) in [6.45, 7) is 1.90. The summed E-state index contributed by atoms with van der Waals surface area (Å²) in [5, 5.41) is 6.88. The fourth-order valence-electron chi connectivity index (χ4n) is 1.67. The van der Waals surface area contributed by atoms with E-state index in [2.05, 4.69) is 15.4 Å². The van der Waals surface area contributed by atoms with Crippen LogP contribution in [0.5, 0.6) is 0 Å². The van der Waals surface area contributed by atoms with Crippen molar-refractivity contribution < 1.29 is 4.79 Å². The third kappa shape index (κ3) is 3.77. The van der Waals surface area contributed by atoms with E-state index in [4.69, 9.17) is 0 Å². The van der Waals surface area contributed by atoms with Crippen LogP contribution in [0.15, 0.2) is 42.9 Å². The Kier molecular flexibility index (Phi) is 4.07. The molecule has 0 fully saturated rings. The number of carbonyl (C=O) groups is 1. The van der Waals surface area contributed by atoms with Gasteiger partial charge in [-0.2, -0.15) is 5.10 Å². The maximum Gasteiger partial charge on any atom is 0.244 e. The second-order valence-corrected chi connectivity index (χ2v) is 4.27. The number of pyridine rings is 1. The summed E-state index contributed by atoms with van der Waals surface area (Å²) in [5.74, 6) is -0.151. The first-order valence-electron chi connectivity index (χ1n) is 6.03. The van der Waals surface area contributed by atoms with Gasteiger partial charge in [0.1, 0.15) is 0 Å². The molecular formula is C14H16N4O. The van der Waals surface area contributed by atoms with E-state index >= 15 is 0 Å². The van der Waals surface area contributed by atoms with E-state index in [1.807, 2.05) is 38.4 Å². The highest BCUT2D eigenvalue weighted by Gasteiger charge is 2.07. The van der Waals surface area contributed by atoms with Crippen LogP contribution >= 0.6 is 0 Å². The zero-order chi connectivity index (χ0) is 13.7. The van der Waals surface area contributed by atoms with Crippen molar-refractivity contribution in [3.8, 4) is 0 Å². The second-order valence-electron chi connectivity index (χ2n) is 4.27. The van der Waals surface area contributed by atoms with Crippen LogP contribution in [0.1, 0.15) is 24.2 Å². The average Bonchev–Trinajstić information content (AvgIpc) is 2.83. The van der Waals surface area contributed by atoms with Gasteiger partial charge in [-0.1, -0.05) is 6.07 Å². The Morgan fingerprint density at radius 1 is 1.47 bits per heavy atom. The smallest absolute Gasteiger partial charge is 0.244 e. The molecule has 0 saturated carbocycles. The van der Waals surface area contributed by atoms with Crippen LogP contribution in [-0.2, 0) is 11.8 Å². The fourth-order valence-corrected chi connectivity index (χ4v) is 1.67. The molecule has 98 valence electrons. The lowest BCUT2D eigenvalue weighted by Gasteiger charge is -2.11. The van der Waals surface area contributed by atoms with Gasteiger partial charge in [0.25, 0.3) is 0 Å². The minimum Gasteiger partial charge on any atom is -0.344 e. The predicted octanol–water partition coefficient (Wildman–Crippen LogP) is 1.71. The number of aromatic nitrogens is 3. The molecule has 2 heterocycles. The zero-order valence-electron chi connectivity index (χ0n) is 10.9. The topological polar surface area (TPSA) is 59.8 Å². The van der Waals surface area contributed by atoms with Crippen molar-refractivity contribution in [2.45, 2.75) is 13.0 Å². The highest BCUT2D eigenvalue weighted by atomic mass is 16.1. The summed E-state index contributed by atoms with van der Waals surface area (Å²) >= 11 is 0. The van der Waals surface area contributed by atoms with Gasteiger partial charge in [-0.15, -0.1) is 0 Å². The van der Waals surface area contributed by atoms with E-state index in [1.165, 1.54) is 6.08 Å². The molecule has 0 aliphatic carbocycles. The van der Waals surface area contributed by atoms with Crippen molar-refractivity contribution in [3.63, 3.8) is 0 Å². The van der Waals surface area contributed by atoms with E-state index in [-0.39, 0.29) is 11.9 Å². The largest absolute Gasteiger partial charge is 0.344 e. The molecule has 2 rings (SSSR count). The molecule has 0 aliphatic heterocycles. The molecule has 0 radical (unpaired) electrons. The summed E-state index contributed by atoms with van der Waals surface area (Å²) in [5.41, 5.74) is 1.73. The molecule has 5 heteroatoms. The quantitative estimate of drug-likeness (QED) is 0.847. The van der Waals surface area contributed by atoms with Gasteiger partial charge >= 0.3 is 0 Å². The molecule has 1 unspecified atom stereocenters. The van der Waals surface area contributed by atoms with Crippen LogP contribution < -0.4 is 5.32 Å². The highest BCUT2D eigenvalue weighted by molar-refractivity contribution is 5.91. The van der Waals surface area contributed by atoms with E-state index < -0.39 is 0 Å². The Morgan fingerprint density at radius 2 is 2.32 bits per heavy atom. The first-order chi connectivity index (χ1) is 9.15. The lowest BCUT2D eigenvalue weighted by Crippen LogP contribution is -2.25. The van der Waals surface area contributed by atoms with E-state index in [0.29, 0.717) is 0 Å². The number of carbonyl (C=O) groups excluding carboxylic acids is 1. The van der Waals surface area contributed by atoms with Gasteiger partial charge < -0.3 is 5.32 Å². The zero-order valence-corrected chi connectivity index (χ0v) is 10.9. The Hall–Kier alpha value is -2.43. The van der Waals surface area contributed by atoms with E-state index in [1.54, 1.807) is 23.2 Å². The third-order valence-corrected chi connectivity index (χ3v) is 2.64. The Labute approximate surface area is 112 Å². The number of amides is 1. The van der Waals surface area contributed by atoms with Gasteiger partial charge in [0.15, 0.2) is 0 Å². The van der Waals surface area contributed by atoms with Gasteiger partial charge in [-0.3, -0.25) is 14.5 Å². The van der Waals surface area contributed by atoms with Crippen molar-refractivity contribution >= 4 is 12.0 Å². The maximum atomic E-state index is 11.8. The van der Waals surface area contributed by atoms with Crippen LogP contribution in [0.4, 0.5) is 0 Å². The Bertz CT molecular complexity index is 574. The molecule has 19 heavy (non-hydrogen) atoms. The van der Waals surface area contributed by atoms with Crippen molar-refractivity contribution in [1.29, 1.82) is 0 Å². The van der Waals surface area contributed by atoms with Crippen LogP contribution in [0.3, 0.4) is 0 Å². The molecule has 0 aliphatic rings. The molecule has 2 aromatic heterocycles. The Balaban J connectivity index is 1.93. The van der Waals surface area contributed by atoms with Crippen molar-refractivity contribution in [3.05, 3.63) is 54.1 Å². The predicted molar refractivity (Wildman–Crippen MR) is 73.0 cm³/mol. The molecule has 2 aromatic rings. The minimum atomic E-state index is -0.151. The molecule has 0 bridgehead atoms. The average molecular weight is 256 g/mol. The fraction of sp³-hybridized carbons (Fsp3) is 0.214. The molecule has 5 nitrogen and oxygen atoms in total. The minimum absolute atomic E-state index is 0.118. The number of hydrogen-bond acceptors (Lipinski definition) is 3. The molecule has 0 saturated heterocycles. The van der Waals surface area contributed by atoms with E-state index in [0.717, 1.165) is 11.3 Å². The second kappa shape index (κ2) is 5.95. The normalized spacial score (nSPS) is 12.5. The van der Waals surface area contributed by atoms with Gasteiger partial charge in [-0.05, 0) is 25.1 Å². The van der Waals surface area contributed by atoms with Gasteiger partial charge in [0, 0.05) is 31.1 Å². The van der Waals surface area contributed by atoms with Crippen LogP contribution in [0.2, 0.25) is 0 Å². The van der Waals surface area contributed by atoms with Crippen molar-refractivity contribution in [2.24, 2.45) is 7.05 Å². The van der Waals surface area contributed by atoms with Crippen molar-refractivity contribution in [1.82, 2.24) is 20.1 Å². The lowest BCUT2D eigenvalue weighted by atomic mass is 10.2.